The van der Waals surface area contributed by atoms with E-state index in [0.29, 0.717) is 6.54 Å². The Morgan fingerprint density at radius 1 is 1.41 bits per heavy atom. The molecular formula is C17H20N4O. The lowest BCUT2D eigenvalue weighted by Gasteiger charge is -2.31. The van der Waals surface area contributed by atoms with Gasteiger partial charge in [0.25, 0.3) is 0 Å². The number of para-hydroxylation sites is 2. The van der Waals surface area contributed by atoms with E-state index in [1.807, 2.05) is 25.2 Å². The average Bonchev–Trinajstić information content (AvgIpc) is 2.90. The van der Waals surface area contributed by atoms with Crippen molar-refractivity contribution in [2.45, 2.75) is 12.8 Å². The van der Waals surface area contributed by atoms with E-state index in [1.165, 1.54) is 0 Å². The molecule has 2 heterocycles. The van der Waals surface area contributed by atoms with Gasteiger partial charge in [-0.05, 0) is 25.0 Å². The third kappa shape index (κ3) is 2.64. The molecular weight excluding hydrogens is 276 g/mol. The second-order valence-corrected chi connectivity index (χ2v) is 5.64. The fraction of sp³-hybridized carbons (Fsp3) is 0.412. The van der Waals surface area contributed by atoms with Crippen LogP contribution >= 0.6 is 0 Å². The molecule has 0 radical (unpaired) electrons. The molecule has 1 fully saturated rings. The van der Waals surface area contributed by atoms with Gasteiger partial charge in [-0.25, -0.2) is 4.98 Å². The molecule has 1 N–H and O–H groups in total. The van der Waals surface area contributed by atoms with Crippen molar-refractivity contribution in [2.24, 2.45) is 13.0 Å². The molecule has 0 unspecified atom stereocenters. The van der Waals surface area contributed by atoms with E-state index >= 15 is 0 Å². The largest absolute Gasteiger partial charge is 0.345 e. The highest BCUT2D eigenvalue weighted by atomic mass is 16.1. The molecule has 1 aromatic heterocycles. The number of terminal acetylenes is 1. The molecule has 114 valence electrons. The van der Waals surface area contributed by atoms with E-state index in [4.69, 9.17) is 11.4 Å². The fourth-order valence-electron chi connectivity index (χ4n) is 3.04. The highest BCUT2D eigenvalue weighted by Gasteiger charge is 2.26. The van der Waals surface area contributed by atoms with Crippen LogP contribution in [-0.4, -0.2) is 35.1 Å². The van der Waals surface area contributed by atoms with Crippen LogP contribution < -0.4 is 10.2 Å². The molecule has 1 saturated heterocycles. The monoisotopic (exact) mass is 296 g/mol. The van der Waals surface area contributed by atoms with E-state index in [0.717, 1.165) is 42.9 Å². The van der Waals surface area contributed by atoms with E-state index in [9.17, 15) is 4.79 Å². The zero-order valence-electron chi connectivity index (χ0n) is 12.7. The predicted molar refractivity (Wildman–Crippen MR) is 87.5 cm³/mol. The number of fused-ring (bicyclic) bond motifs is 1. The molecule has 1 aliphatic heterocycles. The summed E-state index contributed by atoms with van der Waals surface area (Å²) in [6.07, 6.45) is 6.84. The molecule has 0 atom stereocenters. The Bertz CT molecular complexity index is 720. The van der Waals surface area contributed by atoms with Gasteiger partial charge in [-0.15, -0.1) is 6.42 Å². The lowest BCUT2D eigenvalue weighted by Crippen LogP contribution is -2.41. The first kappa shape index (κ1) is 14.5. The van der Waals surface area contributed by atoms with Gasteiger partial charge in [0.05, 0.1) is 17.6 Å². The van der Waals surface area contributed by atoms with Gasteiger partial charge in [0.15, 0.2) is 0 Å². The van der Waals surface area contributed by atoms with E-state index in [-0.39, 0.29) is 11.8 Å². The average molecular weight is 296 g/mol. The van der Waals surface area contributed by atoms with Gasteiger partial charge in [-0.3, -0.25) is 4.79 Å². The highest BCUT2D eigenvalue weighted by Crippen LogP contribution is 2.25. The maximum Gasteiger partial charge on any atom is 0.223 e. The molecule has 1 aliphatic rings. The summed E-state index contributed by atoms with van der Waals surface area (Å²) in [7, 11) is 2.04. The second-order valence-electron chi connectivity index (χ2n) is 5.64. The number of nitrogens with zero attached hydrogens (tertiary/aromatic N) is 3. The number of nitrogens with one attached hydrogen (secondary N) is 1. The van der Waals surface area contributed by atoms with E-state index in [1.54, 1.807) is 0 Å². The Kier molecular flexibility index (Phi) is 4.01. The van der Waals surface area contributed by atoms with Crippen LogP contribution in [0.15, 0.2) is 24.3 Å². The second kappa shape index (κ2) is 6.10. The summed E-state index contributed by atoms with van der Waals surface area (Å²) >= 11 is 0. The van der Waals surface area contributed by atoms with Crippen LogP contribution in [-0.2, 0) is 11.8 Å². The number of benzene rings is 1. The molecule has 0 bridgehead atoms. The minimum absolute atomic E-state index is 0.0549. The van der Waals surface area contributed by atoms with Crippen LogP contribution in [0.5, 0.6) is 0 Å². The minimum Gasteiger partial charge on any atom is -0.345 e. The number of aryl methyl sites for hydroxylation is 1. The zero-order chi connectivity index (χ0) is 15.5. The van der Waals surface area contributed by atoms with Crippen LogP contribution in [0.25, 0.3) is 11.0 Å². The molecule has 5 nitrogen and oxygen atoms in total. The third-order valence-electron chi connectivity index (χ3n) is 4.28. The van der Waals surface area contributed by atoms with Crippen LogP contribution in [0.2, 0.25) is 0 Å². The van der Waals surface area contributed by atoms with E-state index in [2.05, 4.69) is 26.8 Å². The zero-order valence-corrected chi connectivity index (χ0v) is 12.7. The highest BCUT2D eigenvalue weighted by molar-refractivity contribution is 5.80. The van der Waals surface area contributed by atoms with Crippen LogP contribution in [0, 0.1) is 18.3 Å². The normalized spacial score (nSPS) is 15.7. The minimum atomic E-state index is 0.0549. The van der Waals surface area contributed by atoms with Crippen LogP contribution in [0.1, 0.15) is 12.8 Å². The molecule has 0 aliphatic carbocycles. The number of imidazole rings is 1. The Morgan fingerprint density at radius 3 is 2.82 bits per heavy atom. The number of hydrogen-bond acceptors (Lipinski definition) is 3. The molecule has 1 aromatic carbocycles. The number of aromatic nitrogens is 2. The summed E-state index contributed by atoms with van der Waals surface area (Å²) in [6, 6.07) is 8.13. The lowest BCUT2D eigenvalue weighted by atomic mass is 9.96. The topological polar surface area (TPSA) is 50.2 Å². The summed E-state index contributed by atoms with van der Waals surface area (Å²) in [5.41, 5.74) is 2.14. The first-order chi connectivity index (χ1) is 10.7. The number of anilines is 1. The number of carbonyl (C=O) groups excluding carboxylic acids is 1. The molecule has 22 heavy (non-hydrogen) atoms. The number of piperidine rings is 1. The summed E-state index contributed by atoms with van der Waals surface area (Å²) in [5, 5.41) is 2.78. The maximum absolute atomic E-state index is 12.0. The Morgan fingerprint density at radius 2 is 2.14 bits per heavy atom. The SMILES string of the molecule is C#CCNC(=O)C1CCN(c2nc3ccccc3n2C)CC1. The Balaban J connectivity index is 1.69. The van der Waals surface area contributed by atoms with Gasteiger partial charge in [0.1, 0.15) is 0 Å². The molecule has 0 saturated carbocycles. The van der Waals surface area contributed by atoms with Crippen molar-refractivity contribution < 1.29 is 4.79 Å². The quantitative estimate of drug-likeness (QED) is 0.874. The first-order valence-electron chi connectivity index (χ1n) is 7.58. The molecule has 0 spiro atoms. The number of hydrogen-bond donors (Lipinski definition) is 1. The Labute approximate surface area is 130 Å². The Hall–Kier alpha value is -2.48. The summed E-state index contributed by atoms with van der Waals surface area (Å²) < 4.78 is 2.12. The predicted octanol–water partition coefficient (Wildman–Crippen LogP) is 1.54. The number of rotatable bonds is 3. The summed E-state index contributed by atoms with van der Waals surface area (Å²) in [4.78, 5) is 18.9. The van der Waals surface area contributed by atoms with Gasteiger partial charge in [0.2, 0.25) is 11.9 Å². The molecule has 1 amide bonds. The van der Waals surface area contributed by atoms with Gasteiger partial charge >= 0.3 is 0 Å². The number of carbonyl (C=O) groups is 1. The van der Waals surface area contributed by atoms with Crippen molar-refractivity contribution in [1.82, 2.24) is 14.9 Å². The van der Waals surface area contributed by atoms with Crippen molar-refractivity contribution in [3.63, 3.8) is 0 Å². The first-order valence-corrected chi connectivity index (χ1v) is 7.58. The lowest BCUT2D eigenvalue weighted by molar-refractivity contribution is -0.125. The maximum atomic E-state index is 12.0. The van der Waals surface area contributed by atoms with Gasteiger partial charge in [-0.2, -0.15) is 0 Å². The van der Waals surface area contributed by atoms with Crippen molar-refractivity contribution in [3.8, 4) is 12.3 Å². The van der Waals surface area contributed by atoms with Crippen molar-refractivity contribution in [3.05, 3.63) is 24.3 Å². The van der Waals surface area contributed by atoms with Gasteiger partial charge < -0.3 is 14.8 Å². The van der Waals surface area contributed by atoms with Gasteiger partial charge in [-0.1, -0.05) is 18.1 Å². The summed E-state index contributed by atoms with van der Waals surface area (Å²) in [6.45, 7) is 1.99. The molecule has 3 rings (SSSR count). The third-order valence-corrected chi connectivity index (χ3v) is 4.28. The van der Waals surface area contributed by atoms with E-state index < -0.39 is 0 Å². The smallest absolute Gasteiger partial charge is 0.223 e. The fourth-order valence-corrected chi connectivity index (χ4v) is 3.04. The van der Waals surface area contributed by atoms with Crippen molar-refractivity contribution in [1.29, 1.82) is 0 Å². The molecule has 5 heteroatoms. The molecule has 2 aromatic rings. The standard InChI is InChI=1S/C17H20N4O/c1-3-10-18-16(22)13-8-11-21(12-9-13)17-19-14-6-4-5-7-15(14)20(17)2/h1,4-7,13H,8-12H2,2H3,(H,18,22). The van der Waals surface area contributed by atoms with Crippen LogP contribution in [0.4, 0.5) is 5.95 Å². The van der Waals surface area contributed by atoms with Crippen LogP contribution in [0.3, 0.4) is 0 Å². The summed E-state index contributed by atoms with van der Waals surface area (Å²) in [5.74, 6) is 3.54. The van der Waals surface area contributed by atoms with Crippen molar-refractivity contribution in [2.75, 3.05) is 24.5 Å². The van der Waals surface area contributed by atoms with Crippen molar-refractivity contribution >= 4 is 22.9 Å². The van der Waals surface area contributed by atoms with Gasteiger partial charge in [0, 0.05) is 26.1 Å². The number of amides is 1.